The Morgan fingerprint density at radius 1 is 0.437 bits per heavy atom. The second-order valence-electron chi connectivity index (χ2n) is 18.7. The van der Waals surface area contributed by atoms with E-state index in [1.54, 1.807) is 0 Å². The monoisotopic (exact) mass is 909 g/mol. The number of fused-ring (bicyclic) bond motifs is 6. The summed E-state index contributed by atoms with van der Waals surface area (Å²) in [6.07, 6.45) is 4.15. The van der Waals surface area contributed by atoms with Gasteiger partial charge in [0, 0.05) is 66.5 Å². The average molecular weight is 910 g/mol. The van der Waals surface area contributed by atoms with Crippen LogP contribution in [0.4, 0.5) is 0 Å². The molecule has 0 fully saturated rings. The molecule has 0 saturated carbocycles. The van der Waals surface area contributed by atoms with Crippen molar-refractivity contribution in [1.82, 2.24) is 24.1 Å². The van der Waals surface area contributed by atoms with Gasteiger partial charge in [0.1, 0.15) is 0 Å². The van der Waals surface area contributed by atoms with Crippen LogP contribution in [0.1, 0.15) is 34.4 Å². The fourth-order valence-electron chi connectivity index (χ4n) is 11.2. The third-order valence-electron chi connectivity index (χ3n) is 14.2. The summed E-state index contributed by atoms with van der Waals surface area (Å²) in [4.78, 5) is 15.6. The minimum Gasteiger partial charge on any atom is -0.313 e. The van der Waals surface area contributed by atoms with E-state index >= 15 is 0 Å². The topological polar surface area (TPSA) is 48.5 Å². The van der Waals surface area contributed by atoms with Crippen LogP contribution in [0, 0.1) is 32.9 Å². The summed E-state index contributed by atoms with van der Waals surface area (Å²) in [6.45, 7) is 6.67. The Bertz CT molecular complexity index is 3860. The lowest BCUT2D eigenvalue weighted by Crippen LogP contribution is -2.10. The predicted molar refractivity (Wildman–Crippen MR) is 293 cm³/mol. The van der Waals surface area contributed by atoms with E-state index in [1.165, 1.54) is 72.0 Å². The molecule has 5 heteroatoms. The van der Waals surface area contributed by atoms with E-state index in [1.807, 2.05) is 42.5 Å². The molecule has 0 unspecified atom stereocenters. The first-order chi connectivity index (χ1) is 34.9. The summed E-state index contributed by atoms with van der Waals surface area (Å²) in [7, 11) is 0. The number of aromatic nitrogens is 5. The van der Waals surface area contributed by atoms with Crippen LogP contribution >= 0.6 is 0 Å². The van der Waals surface area contributed by atoms with Crippen LogP contribution in [0.2, 0.25) is 0 Å². The first-order valence-corrected chi connectivity index (χ1v) is 24.4. The van der Waals surface area contributed by atoms with Gasteiger partial charge in [-0.05, 0) is 116 Å². The first-order valence-electron chi connectivity index (χ1n) is 24.4. The zero-order valence-electron chi connectivity index (χ0n) is 39.8. The number of para-hydroxylation sites is 2. The van der Waals surface area contributed by atoms with Crippen molar-refractivity contribution in [2.75, 3.05) is 0 Å². The third kappa shape index (κ3) is 7.23. The lowest BCUT2D eigenvalue weighted by atomic mass is 9.92. The minimum absolute atomic E-state index is 0.592. The van der Waals surface area contributed by atoms with Crippen molar-refractivity contribution < 1.29 is 0 Å². The maximum Gasteiger partial charge on any atom is 0.164 e. The Kier molecular flexibility index (Phi) is 10.1. The molecule has 0 amide bonds. The number of hydrogen-bond acceptors (Lipinski definition) is 3. The van der Waals surface area contributed by atoms with E-state index < -0.39 is 0 Å². The zero-order chi connectivity index (χ0) is 47.6. The van der Waals surface area contributed by atoms with Crippen LogP contribution in [-0.4, -0.2) is 24.1 Å². The molecule has 12 aromatic rings. The fraction of sp³-hybridized carbons (Fsp3) is 0.0758. The molecule has 3 aromatic heterocycles. The number of hydrogen-bond donors (Lipinski definition) is 0. The molecular formula is C66H47N5. The molecule has 71 heavy (non-hydrogen) atoms. The van der Waals surface area contributed by atoms with Gasteiger partial charge in [-0.25, -0.2) is 15.0 Å². The van der Waals surface area contributed by atoms with Crippen molar-refractivity contribution in [2.45, 2.75) is 33.6 Å². The lowest BCUT2D eigenvalue weighted by molar-refractivity contribution is 0.874. The van der Waals surface area contributed by atoms with E-state index in [0.29, 0.717) is 17.5 Å². The predicted octanol–water partition coefficient (Wildman–Crippen LogP) is 16.4. The van der Waals surface area contributed by atoms with Crippen molar-refractivity contribution >= 4 is 44.5 Å². The van der Waals surface area contributed by atoms with Crippen molar-refractivity contribution in [2.24, 2.45) is 0 Å². The highest BCUT2D eigenvalue weighted by Crippen LogP contribution is 2.47. The lowest BCUT2D eigenvalue weighted by Gasteiger charge is -2.24. The SMILES string of the molecule is Cc1cc(C)c(-c2ccc3c(c2)c2c(n3-c3c(-c4c#cccc4)cc(-c4nc(-c5ccccc5)nc(-c5ccccc5)n4)cc3-c3ccccc3)CCC(n3c4ccccc4c4ccccc43)=C2)c(C)c1. The number of aryl methyl sites for hydroxylation is 3. The summed E-state index contributed by atoms with van der Waals surface area (Å²) in [5, 5.41) is 3.75. The highest BCUT2D eigenvalue weighted by atomic mass is 15.0. The van der Waals surface area contributed by atoms with E-state index in [9.17, 15) is 0 Å². The quantitative estimate of drug-likeness (QED) is 0.153. The Labute approximate surface area is 413 Å². The van der Waals surface area contributed by atoms with E-state index in [-0.39, 0.29) is 0 Å². The maximum atomic E-state index is 5.26. The molecule has 1 aliphatic rings. The van der Waals surface area contributed by atoms with Crippen LogP contribution in [0.3, 0.4) is 0 Å². The molecule has 0 bridgehead atoms. The Morgan fingerprint density at radius 3 is 1.59 bits per heavy atom. The number of nitrogens with zero attached hydrogens (tertiary/aromatic N) is 5. The Morgan fingerprint density at radius 2 is 0.986 bits per heavy atom. The van der Waals surface area contributed by atoms with Gasteiger partial charge in [-0.2, -0.15) is 0 Å². The van der Waals surface area contributed by atoms with E-state index in [0.717, 1.165) is 63.0 Å². The van der Waals surface area contributed by atoms with Gasteiger partial charge in [0.15, 0.2) is 17.5 Å². The molecular weight excluding hydrogens is 863 g/mol. The molecule has 3 heterocycles. The maximum absolute atomic E-state index is 5.26. The molecule has 0 radical (unpaired) electrons. The van der Waals surface area contributed by atoms with Gasteiger partial charge in [0.05, 0.1) is 22.2 Å². The van der Waals surface area contributed by atoms with Crippen LogP contribution in [0.5, 0.6) is 0 Å². The van der Waals surface area contributed by atoms with Crippen LogP contribution in [0.25, 0.3) is 118 Å². The molecule has 0 spiro atoms. The zero-order valence-corrected chi connectivity index (χ0v) is 39.8. The molecule has 13 rings (SSSR count). The van der Waals surface area contributed by atoms with Crippen LogP contribution in [-0.2, 0) is 6.42 Å². The smallest absolute Gasteiger partial charge is 0.164 e. The molecule has 0 N–H and O–H groups in total. The van der Waals surface area contributed by atoms with E-state index in [2.05, 4.69) is 206 Å². The number of rotatable bonds is 8. The molecule has 9 aromatic carbocycles. The minimum atomic E-state index is 0.592. The average Bonchev–Trinajstić information content (AvgIpc) is 3.93. The Hall–Kier alpha value is -9.11. The Balaban J connectivity index is 1.12. The van der Waals surface area contributed by atoms with Crippen molar-refractivity contribution in [1.29, 1.82) is 0 Å². The summed E-state index contributed by atoms with van der Waals surface area (Å²) in [6, 6.07) is 78.0. The van der Waals surface area contributed by atoms with Gasteiger partial charge in [0.25, 0.3) is 0 Å². The molecule has 0 aliphatic heterocycles. The second kappa shape index (κ2) is 17.1. The third-order valence-corrected chi connectivity index (χ3v) is 14.2. The number of benzene rings is 8. The normalized spacial score (nSPS) is 12.3. The largest absolute Gasteiger partial charge is 0.313 e. The first kappa shape index (κ1) is 42.0. The second-order valence-corrected chi connectivity index (χ2v) is 18.7. The van der Waals surface area contributed by atoms with Crippen molar-refractivity contribution in [3.8, 4) is 73.2 Å². The highest BCUT2D eigenvalue weighted by molar-refractivity contribution is 6.11. The standard InChI is InChI=1S/C66H47N5/c1-42-36-43(2)62(44(3)37-42)49-32-34-60-56(38-49)57-41-51(70-58-30-18-16-28-52(58)53-29-17-19-31-59(53)70)33-35-61(57)71(60)63-54(45-20-8-4-9-21-45)39-50(40-55(63)46-22-10-5-11-23-46)66-68-64(47-24-12-6-13-25-47)67-65(69-66)48-26-14-7-15-27-48/h4-10,12-22,24-32,34,36-41H,33,35H2,1-3H3. The molecule has 336 valence electrons. The molecule has 1 aliphatic carbocycles. The van der Waals surface area contributed by atoms with Crippen LogP contribution < -0.4 is 0 Å². The van der Waals surface area contributed by atoms with Gasteiger partial charge >= 0.3 is 0 Å². The van der Waals surface area contributed by atoms with Gasteiger partial charge in [0.2, 0.25) is 0 Å². The summed E-state index contributed by atoms with van der Waals surface area (Å²) < 4.78 is 5.06. The molecule has 0 atom stereocenters. The van der Waals surface area contributed by atoms with Crippen LogP contribution in [0.15, 0.2) is 200 Å². The van der Waals surface area contributed by atoms with Gasteiger partial charge in [-0.3, -0.25) is 0 Å². The number of allylic oxidation sites excluding steroid dienone is 1. The molecule has 0 saturated heterocycles. The summed E-state index contributed by atoms with van der Waals surface area (Å²) in [5.74, 6) is 1.83. The van der Waals surface area contributed by atoms with Gasteiger partial charge < -0.3 is 9.13 Å². The summed E-state index contributed by atoms with van der Waals surface area (Å²) in [5.41, 5.74) is 21.6. The fourth-order valence-corrected chi connectivity index (χ4v) is 11.2. The van der Waals surface area contributed by atoms with E-state index in [4.69, 9.17) is 15.0 Å². The van der Waals surface area contributed by atoms with Crippen molar-refractivity contribution in [3.05, 3.63) is 240 Å². The highest BCUT2D eigenvalue weighted by Gasteiger charge is 2.28. The summed E-state index contributed by atoms with van der Waals surface area (Å²) >= 11 is 0. The van der Waals surface area contributed by atoms with Gasteiger partial charge in [-0.1, -0.05) is 169 Å². The molecule has 5 nitrogen and oxygen atoms in total. The van der Waals surface area contributed by atoms with Crippen molar-refractivity contribution in [3.63, 3.8) is 0 Å². The van der Waals surface area contributed by atoms with Gasteiger partial charge in [-0.15, -0.1) is 0 Å².